The molecule has 0 saturated carbocycles. The van der Waals surface area contributed by atoms with Crippen molar-refractivity contribution in [3.63, 3.8) is 0 Å². The minimum absolute atomic E-state index is 0.0408. The number of carboxylic acids is 1. The molecule has 0 fully saturated rings. The van der Waals surface area contributed by atoms with Gasteiger partial charge in [-0.2, -0.15) is 0 Å². The van der Waals surface area contributed by atoms with Gasteiger partial charge in [0.2, 0.25) is 0 Å². The Labute approximate surface area is 120 Å². The molecule has 6 heteroatoms. The van der Waals surface area contributed by atoms with E-state index in [4.69, 9.17) is 14.6 Å². The maximum Gasteiger partial charge on any atom is 0.305 e. The summed E-state index contributed by atoms with van der Waals surface area (Å²) in [6, 6.07) is 3.54. The zero-order chi connectivity index (χ0) is 14.0. The van der Waals surface area contributed by atoms with E-state index in [-0.39, 0.29) is 12.5 Å². The van der Waals surface area contributed by atoms with Crippen LogP contribution in [0.4, 0.5) is 0 Å². The van der Waals surface area contributed by atoms with E-state index in [1.165, 1.54) is 0 Å². The summed E-state index contributed by atoms with van der Waals surface area (Å²) in [6.45, 7) is 1.03. The van der Waals surface area contributed by atoms with Crippen LogP contribution in [0.5, 0.6) is 11.5 Å². The van der Waals surface area contributed by atoms with Crippen molar-refractivity contribution in [1.82, 2.24) is 4.90 Å². The molecule has 0 bridgehead atoms. The number of hydrogen-bond acceptors (Lipinski definition) is 4. The lowest BCUT2D eigenvalue weighted by Gasteiger charge is -2.26. The molecule has 0 radical (unpaired) electrons. The summed E-state index contributed by atoms with van der Waals surface area (Å²) in [7, 11) is 3.72. The van der Waals surface area contributed by atoms with Crippen molar-refractivity contribution >= 4 is 21.9 Å². The van der Waals surface area contributed by atoms with E-state index in [9.17, 15) is 4.79 Å². The van der Waals surface area contributed by atoms with Crippen LogP contribution in [0.1, 0.15) is 18.0 Å². The number of rotatable bonds is 4. The monoisotopic (exact) mass is 329 g/mol. The predicted molar refractivity (Wildman–Crippen MR) is 73.8 cm³/mol. The Morgan fingerprint density at radius 2 is 2.11 bits per heavy atom. The van der Waals surface area contributed by atoms with Crippen LogP contribution in [-0.4, -0.2) is 43.3 Å². The van der Waals surface area contributed by atoms with Gasteiger partial charge in [0, 0.05) is 6.04 Å². The molecule has 104 valence electrons. The molecular formula is C13H16BrNO4. The molecule has 0 aromatic heterocycles. The van der Waals surface area contributed by atoms with Gasteiger partial charge in [-0.1, -0.05) is 0 Å². The van der Waals surface area contributed by atoms with Gasteiger partial charge in [0.1, 0.15) is 13.2 Å². The fourth-order valence-electron chi connectivity index (χ4n) is 2.09. The summed E-state index contributed by atoms with van der Waals surface area (Å²) >= 11 is 3.45. The molecule has 1 unspecified atom stereocenters. The minimum Gasteiger partial charge on any atom is -0.486 e. The first-order valence-corrected chi connectivity index (χ1v) is 6.75. The van der Waals surface area contributed by atoms with Crippen LogP contribution < -0.4 is 9.47 Å². The van der Waals surface area contributed by atoms with E-state index in [2.05, 4.69) is 15.9 Å². The van der Waals surface area contributed by atoms with Crippen molar-refractivity contribution in [1.29, 1.82) is 0 Å². The van der Waals surface area contributed by atoms with Crippen molar-refractivity contribution in [3.05, 3.63) is 22.2 Å². The molecular weight excluding hydrogens is 314 g/mol. The van der Waals surface area contributed by atoms with Gasteiger partial charge in [-0.05, 0) is 47.7 Å². The van der Waals surface area contributed by atoms with Crippen LogP contribution in [0.3, 0.4) is 0 Å². The summed E-state index contributed by atoms with van der Waals surface area (Å²) in [5.74, 6) is 0.514. The third-order valence-electron chi connectivity index (χ3n) is 3.00. The fraction of sp³-hybridized carbons (Fsp3) is 0.462. The van der Waals surface area contributed by atoms with Crippen molar-refractivity contribution < 1.29 is 19.4 Å². The number of hydrogen-bond donors (Lipinski definition) is 1. The molecule has 1 atom stereocenters. The predicted octanol–water partition coefficient (Wildman–Crippen LogP) is 2.30. The van der Waals surface area contributed by atoms with Crippen molar-refractivity contribution in [3.8, 4) is 11.5 Å². The first kappa shape index (κ1) is 14.1. The van der Waals surface area contributed by atoms with Crippen LogP contribution in [0.2, 0.25) is 0 Å². The number of aliphatic carboxylic acids is 1. The summed E-state index contributed by atoms with van der Waals surface area (Å²) in [5.41, 5.74) is 0.892. The number of benzene rings is 1. The second-order valence-electron chi connectivity index (χ2n) is 4.60. The Bertz CT molecular complexity index is 490. The molecule has 1 N–H and O–H groups in total. The zero-order valence-electron chi connectivity index (χ0n) is 10.9. The molecule has 1 aliphatic heterocycles. The van der Waals surface area contributed by atoms with Gasteiger partial charge in [-0.15, -0.1) is 0 Å². The van der Waals surface area contributed by atoms with Gasteiger partial charge < -0.3 is 19.5 Å². The summed E-state index contributed by atoms with van der Waals surface area (Å²) in [4.78, 5) is 12.8. The maximum atomic E-state index is 11.0. The van der Waals surface area contributed by atoms with E-state index in [1.807, 2.05) is 31.1 Å². The summed E-state index contributed by atoms with van der Waals surface area (Å²) in [6.07, 6.45) is 0.0408. The first-order chi connectivity index (χ1) is 8.99. The lowest BCUT2D eigenvalue weighted by atomic mass is 10.0. The van der Waals surface area contributed by atoms with E-state index in [0.717, 1.165) is 10.0 Å². The quantitative estimate of drug-likeness (QED) is 0.918. The van der Waals surface area contributed by atoms with Crippen LogP contribution in [0.15, 0.2) is 16.6 Å². The van der Waals surface area contributed by atoms with Crippen molar-refractivity contribution in [2.24, 2.45) is 0 Å². The highest BCUT2D eigenvalue weighted by atomic mass is 79.9. The Kier molecular flexibility index (Phi) is 4.31. The molecule has 0 aliphatic carbocycles. The molecule has 2 rings (SSSR count). The van der Waals surface area contributed by atoms with Gasteiger partial charge in [-0.3, -0.25) is 4.79 Å². The molecule has 19 heavy (non-hydrogen) atoms. The normalized spacial score (nSPS) is 15.4. The number of nitrogens with zero attached hydrogens (tertiary/aromatic N) is 1. The number of ether oxygens (including phenoxy) is 2. The topological polar surface area (TPSA) is 59.0 Å². The largest absolute Gasteiger partial charge is 0.486 e. The molecule has 0 amide bonds. The third-order valence-corrected chi connectivity index (χ3v) is 3.58. The lowest BCUT2D eigenvalue weighted by Crippen LogP contribution is -2.23. The Morgan fingerprint density at radius 3 is 2.74 bits per heavy atom. The average molecular weight is 330 g/mol. The second kappa shape index (κ2) is 5.79. The average Bonchev–Trinajstić information content (AvgIpc) is 2.35. The van der Waals surface area contributed by atoms with E-state index in [0.29, 0.717) is 24.7 Å². The van der Waals surface area contributed by atoms with Gasteiger partial charge in [0.15, 0.2) is 11.5 Å². The summed E-state index contributed by atoms with van der Waals surface area (Å²) < 4.78 is 11.9. The second-order valence-corrected chi connectivity index (χ2v) is 5.46. The lowest BCUT2D eigenvalue weighted by molar-refractivity contribution is -0.138. The number of fused-ring (bicyclic) bond motifs is 1. The summed E-state index contributed by atoms with van der Waals surface area (Å²) in [5, 5.41) is 9.01. The van der Waals surface area contributed by atoms with Crippen LogP contribution >= 0.6 is 15.9 Å². The van der Waals surface area contributed by atoms with Gasteiger partial charge in [0.25, 0.3) is 0 Å². The zero-order valence-corrected chi connectivity index (χ0v) is 12.4. The molecule has 5 nitrogen and oxygen atoms in total. The molecule has 1 aromatic rings. The molecule has 0 spiro atoms. The Morgan fingerprint density at radius 1 is 1.42 bits per heavy atom. The van der Waals surface area contributed by atoms with Crippen LogP contribution in [0.25, 0.3) is 0 Å². The third kappa shape index (κ3) is 3.19. The van der Waals surface area contributed by atoms with E-state index >= 15 is 0 Å². The van der Waals surface area contributed by atoms with E-state index < -0.39 is 5.97 Å². The molecule has 1 aliphatic rings. The van der Waals surface area contributed by atoms with Crippen molar-refractivity contribution in [2.45, 2.75) is 12.5 Å². The minimum atomic E-state index is -0.829. The highest BCUT2D eigenvalue weighted by molar-refractivity contribution is 9.10. The first-order valence-electron chi connectivity index (χ1n) is 5.96. The van der Waals surface area contributed by atoms with Crippen LogP contribution in [0, 0.1) is 0 Å². The Hall–Kier alpha value is -1.27. The molecule has 1 aromatic carbocycles. The highest BCUT2D eigenvalue weighted by Crippen LogP contribution is 2.41. The fourth-order valence-corrected chi connectivity index (χ4v) is 2.66. The van der Waals surface area contributed by atoms with Gasteiger partial charge >= 0.3 is 5.97 Å². The smallest absolute Gasteiger partial charge is 0.305 e. The maximum absolute atomic E-state index is 11.0. The Balaban J connectivity index is 2.37. The van der Waals surface area contributed by atoms with Gasteiger partial charge in [0.05, 0.1) is 10.9 Å². The number of carbonyl (C=O) groups is 1. The number of carboxylic acid groups (broad SMARTS) is 1. The number of halogens is 1. The van der Waals surface area contributed by atoms with Gasteiger partial charge in [-0.25, -0.2) is 0 Å². The molecule has 0 saturated heterocycles. The highest BCUT2D eigenvalue weighted by Gasteiger charge is 2.23. The van der Waals surface area contributed by atoms with Crippen molar-refractivity contribution in [2.75, 3.05) is 27.3 Å². The standard InChI is InChI=1S/C13H16BrNO4/c1-15(2)10(7-12(16)17)8-5-9(14)13-11(6-8)18-3-4-19-13/h5-6,10H,3-4,7H2,1-2H3,(H,16,17). The molecule has 1 heterocycles. The van der Waals surface area contributed by atoms with E-state index in [1.54, 1.807) is 0 Å². The SMILES string of the molecule is CN(C)C(CC(=O)O)c1cc(Br)c2c(c1)OCCO2. The van der Waals surface area contributed by atoms with Crippen LogP contribution in [-0.2, 0) is 4.79 Å².